The Morgan fingerprint density at radius 3 is 2.00 bits per heavy atom. The molecule has 60 valence electrons. The highest BCUT2D eigenvalue weighted by atomic mass is 15.2. The van der Waals surface area contributed by atoms with Crippen molar-refractivity contribution in [3.63, 3.8) is 0 Å². The molecule has 0 bridgehead atoms. The van der Waals surface area contributed by atoms with Gasteiger partial charge in [-0.25, -0.2) is 0 Å². The van der Waals surface area contributed by atoms with Gasteiger partial charge in [0.25, 0.3) is 0 Å². The van der Waals surface area contributed by atoms with Crippen LogP contribution in [0.25, 0.3) is 0 Å². The highest BCUT2D eigenvalue weighted by molar-refractivity contribution is 4.80. The smallest absolute Gasteiger partial charge is 0.00952 e. The Kier molecular flexibility index (Phi) is 1.94. The molecule has 10 heavy (non-hydrogen) atoms. The van der Waals surface area contributed by atoms with Crippen molar-refractivity contribution in [2.45, 2.75) is 44.6 Å². The second-order valence-corrected chi connectivity index (χ2v) is 3.68. The van der Waals surface area contributed by atoms with E-state index in [1.54, 1.807) is 0 Å². The van der Waals surface area contributed by atoms with E-state index in [0.29, 0.717) is 0 Å². The monoisotopic (exact) mass is 141 g/mol. The van der Waals surface area contributed by atoms with Crippen LogP contribution in [0, 0.1) is 0 Å². The summed E-state index contributed by atoms with van der Waals surface area (Å²) in [5.74, 6) is 0. The number of piperidine rings is 2. The van der Waals surface area contributed by atoms with Crippen LogP contribution in [0.5, 0.6) is 0 Å². The molecule has 0 atom stereocenters. The number of hydrogen-bond acceptors (Lipinski definition) is 1. The Labute approximate surface area is 64.9 Å². The second kappa shape index (κ2) is 2.91. The number of rotatable bonds is 0. The van der Waals surface area contributed by atoms with Crippen molar-refractivity contribution in [1.82, 2.24) is 4.90 Å². The van der Waals surface area contributed by atoms with Gasteiger partial charge < -0.3 is 4.90 Å². The van der Waals surface area contributed by atoms with Crippen LogP contribution in [0.2, 0.25) is 0 Å². The first-order valence-corrected chi connectivity index (χ1v) is 4.71. The Balaban J connectivity index is 0.000000605. The molecule has 0 amide bonds. The van der Waals surface area contributed by atoms with E-state index in [4.69, 9.17) is 0 Å². The predicted molar refractivity (Wildman–Crippen MR) is 45.2 cm³/mol. The fourth-order valence-corrected chi connectivity index (χ4v) is 2.38. The van der Waals surface area contributed by atoms with E-state index >= 15 is 0 Å². The van der Waals surface area contributed by atoms with Crippen LogP contribution in [0.4, 0.5) is 0 Å². The molecule has 2 saturated heterocycles. The number of hydrogen-bond donors (Lipinski definition) is 0. The Bertz CT molecular complexity index is 90.1. The van der Waals surface area contributed by atoms with Crippen LogP contribution >= 0.6 is 0 Å². The SMILES string of the molecule is C1CCN2CCCCC2C1.[HH]. The van der Waals surface area contributed by atoms with Gasteiger partial charge in [-0.2, -0.15) is 0 Å². The van der Waals surface area contributed by atoms with Crippen LogP contribution in [0.15, 0.2) is 0 Å². The van der Waals surface area contributed by atoms with Gasteiger partial charge in [0.1, 0.15) is 0 Å². The van der Waals surface area contributed by atoms with E-state index in [-0.39, 0.29) is 1.43 Å². The molecule has 0 aromatic heterocycles. The van der Waals surface area contributed by atoms with E-state index < -0.39 is 0 Å². The van der Waals surface area contributed by atoms with Crippen LogP contribution < -0.4 is 0 Å². The molecule has 1 heteroatoms. The summed E-state index contributed by atoms with van der Waals surface area (Å²) < 4.78 is 0. The first-order chi connectivity index (χ1) is 4.97. The van der Waals surface area contributed by atoms with Gasteiger partial charge in [0.15, 0.2) is 0 Å². The van der Waals surface area contributed by atoms with E-state index in [9.17, 15) is 0 Å². The van der Waals surface area contributed by atoms with Gasteiger partial charge >= 0.3 is 0 Å². The quantitative estimate of drug-likeness (QED) is 0.500. The molecule has 0 unspecified atom stereocenters. The van der Waals surface area contributed by atoms with Crippen LogP contribution in [0.1, 0.15) is 40.0 Å². The molecule has 1 nitrogen and oxygen atoms in total. The number of nitrogens with zero attached hydrogens (tertiary/aromatic N) is 1. The van der Waals surface area contributed by atoms with Crippen LogP contribution in [0.3, 0.4) is 0 Å². The molecule has 0 spiro atoms. The maximum absolute atomic E-state index is 2.70. The zero-order chi connectivity index (χ0) is 6.81. The van der Waals surface area contributed by atoms with E-state index in [1.165, 1.54) is 51.6 Å². The van der Waals surface area contributed by atoms with E-state index in [1.807, 2.05) is 0 Å². The van der Waals surface area contributed by atoms with Crippen molar-refractivity contribution in [3.8, 4) is 0 Å². The molecular formula is C9H19N. The maximum atomic E-state index is 2.70. The topological polar surface area (TPSA) is 3.24 Å². The fraction of sp³-hybridized carbons (Fsp3) is 1.00. The molecule has 2 fully saturated rings. The molecule has 0 radical (unpaired) electrons. The summed E-state index contributed by atoms with van der Waals surface area (Å²) in [5.41, 5.74) is 0. The minimum absolute atomic E-state index is 0. The summed E-state index contributed by atoms with van der Waals surface area (Å²) in [6, 6.07) is 0.988. The molecule has 2 aliphatic heterocycles. The molecule has 2 heterocycles. The Morgan fingerprint density at radius 1 is 0.900 bits per heavy atom. The average Bonchev–Trinajstić information content (AvgIpc) is 2.05. The highest BCUT2D eigenvalue weighted by Crippen LogP contribution is 2.25. The molecule has 0 aromatic rings. The van der Waals surface area contributed by atoms with Gasteiger partial charge in [0.05, 0.1) is 0 Å². The van der Waals surface area contributed by atoms with Crippen molar-refractivity contribution in [1.29, 1.82) is 0 Å². The average molecular weight is 141 g/mol. The number of fused-ring (bicyclic) bond motifs is 1. The summed E-state index contributed by atoms with van der Waals surface area (Å²) >= 11 is 0. The first-order valence-electron chi connectivity index (χ1n) is 4.71. The summed E-state index contributed by atoms with van der Waals surface area (Å²) in [5, 5.41) is 0. The van der Waals surface area contributed by atoms with Crippen molar-refractivity contribution >= 4 is 0 Å². The van der Waals surface area contributed by atoms with Gasteiger partial charge in [-0.05, 0) is 38.8 Å². The molecule has 0 aromatic carbocycles. The van der Waals surface area contributed by atoms with E-state index in [2.05, 4.69) is 4.90 Å². The standard InChI is InChI=1S/C9H17N.H2/c1-3-7-10-8-4-2-6-9(10)5-1;/h9H,1-8H2;1H. The highest BCUT2D eigenvalue weighted by Gasteiger charge is 2.24. The van der Waals surface area contributed by atoms with Crippen LogP contribution in [-0.4, -0.2) is 24.0 Å². The summed E-state index contributed by atoms with van der Waals surface area (Å²) in [6.45, 7) is 2.79. The largest absolute Gasteiger partial charge is 0.300 e. The fourth-order valence-electron chi connectivity index (χ4n) is 2.38. The third kappa shape index (κ3) is 1.20. The summed E-state index contributed by atoms with van der Waals surface area (Å²) in [6.07, 6.45) is 8.86. The van der Waals surface area contributed by atoms with Crippen molar-refractivity contribution < 1.29 is 1.43 Å². The zero-order valence-electron chi connectivity index (χ0n) is 6.68. The minimum atomic E-state index is 0. The lowest BCUT2D eigenvalue weighted by Gasteiger charge is -2.39. The lowest BCUT2D eigenvalue weighted by molar-refractivity contribution is 0.109. The third-order valence-corrected chi connectivity index (χ3v) is 2.98. The predicted octanol–water partition coefficient (Wildman–Crippen LogP) is 2.27. The molecule has 2 aliphatic rings. The second-order valence-electron chi connectivity index (χ2n) is 3.68. The minimum Gasteiger partial charge on any atom is -0.300 e. The summed E-state index contributed by atoms with van der Waals surface area (Å²) in [7, 11) is 0. The summed E-state index contributed by atoms with van der Waals surface area (Å²) in [4.78, 5) is 2.70. The molecule has 2 rings (SSSR count). The molecule has 0 aliphatic carbocycles. The first kappa shape index (κ1) is 6.66. The third-order valence-electron chi connectivity index (χ3n) is 2.98. The van der Waals surface area contributed by atoms with E-state index in [0.717, 1.165) is 6.04 Å². The zero-order valence-corrected chi connectivity index (χ0v) is 6.68. The van der Waals surface area contributed by atoms with Crippen molar-refractivity contribution in [3.05, 3.63) is 0 Å². The lowest BCUT2D eigenvalue weighted by Crippen LogP contribution is -2.42. The van der Waals surface area contributed by atoms with Gasteiger partial charge in [0.2, 0.25) is 0 Å². The van der Waals surface area contributed by atoms with Gasteiger partial charge in [-0.1, -0.05) is 12.8 Å². The molecule has 0 saturated carbocycles. The van der Waals surface area contributed by atoms with Gasteiger partial charge in [-0.3, -0.25) is 0 Å². The molecular weight excluding hydrogens is 122 g/mol. The van der Waals surface area contributed by atoms with Crippen LogP contribution in [-0.2, 0) is 0 Å². The maximum Gasteiger partial charge on any atom is 0.00952 e. The molecule has 0 N–H and O–H groups in total. The van der Waals surface area contributed by atoms with Gasteiger partial charge in [-0.15, -0.1) is 0 Å². The van der Waals surface area contributed by atoms with Crippen molar-refractivity contribution in [2.24, 2.45) is 0 Å². The van der Waals surface area contributed by atoms with Gasteiger partial charge in [0, 0.05) is 7.47 Å². The Hall–Kier alpha value is -0.0400. The van der Waals surface area contributed by atoms with Crippen molar-refractivity contribution in [2.75, 3.05) is 13.1 Å². The Morgan fingerprint density at radius 2 is 1.50 bits per heavy atom. The lowest BCUT2D eigenvalue weighted by atomic mass is 9.93. The normalized spacial score (nSPS) is 30.0.